The minimum atomic E-state index is 0.697. The summed E-state index contributed by atoms with van der Waals surface area (Å²) in [7, 11) is 3.66. The summed E-state index contributed by atoms with van der Waals surface area (Å²) in [5.41, 5.74) is 1.15. The van der Waals surface area contributed by atoms with Gasteiger partial charge in [-0.25, -0.2) is 4.98 Å². The zero-order valence-corrected chi connectivity index (χ0v) is 9.57. The molecule has 0 fully saturated rings. The van der Waals surface area contributed by atoms with Gasteiger partial charge in [-0.3, -0.25) is 0 Å². The van der Waals surface area contributed by atoms with Crippen LogP contribution in [-0.4, -0.2) is 16.7 Å². The number of pyridine rings is 1. The minimum Gasteiger partial charge on any atom is -0.480 e. The van der Waals surface area contributed by atoms with E-state index in [9.17, 15) is 0 Å². The van der Waals surface area contributed by atoms with E-state index in [2.05, 4.69) is 38.3 Å². The van der Waals surface area contributed by atoms with Crippen LogP contribution in [-0.2, 0) is 7.05 Å². The molecule has 4 heteroatoms. The van der Waals surface area contributed by atoms with Crippen molar-refractivity contribution in [3.8, 4) is 5.88 Å². The van der Waals surface area contributed by atoms with E-state index in [0.717, 1.165) is 10.9 Å². The third-order valence-corrected chi connectivity index (χ3v) is 2.83. The van der Waals surface area contributed by atoms with Crippen LogP contribution in [0.15, 0.2) is 18.5 Å². The van der Waals surface area contributed by atoms with Crippen molar-refractivity contribution in [2.75, 3.05) is 7.11 Å². The predicted molar refractivity (Wildman–Crippen MR) is 60.0 cm³/mol. The van der Waals surface area contributed by atoms with Crippen LogP contribution in [0.4, 0.5) is 0 Å². The molecule has 0 unspecified atom stereocenters. The topological polar surface area (TPSA) is 27.1 Å². The van der Waals surface area contributed by atoms with Gasteiger partial charge in [-0.05, 0) is 28.7 Å². The van der Waals surface area contributed by atoms with Gasteiger partial charge in [0.05, 0.1) is 18.0 Å². The summed E-state index contributed by atoms with van der Waals surface area (Å²) < 4.78 is 8.43. The van der Waals surface area contributed by atoms with Crippen LogP contribution in [0, 0.1) is 3.57 Å². The van der Waals surface area contributed by atoms with E-state index in [4.69, 9.17) is 4.74 Å². The number of methoxy groups -OCH3 is 1. The first kappa shape index (κ1) is 8.80. The molecule has 0 aliphatic rings. The Kier molecular flexibility index (Phi) is 2.15. The van der Waals surface area contributed by atoms with Crippen molar-refractivity contribution in [3.05, 3.63) is 22.0 Å². The van der Waals surface area contributed by atoms with Crippen molar-refractivity contribution in [1.29, 1.82) is 0 Å². The molecule has 68 valence electrons. The van der Waals surface area contributed by atoms with Crippen LogP contribution >= 0.6 is 22.6 Å². The predicted octanol–water partition coefficient (Wildman–Crippen LogP) is 2.19. The molecular formula is C9H9IN2O. The largest absolute Gasteiger partial charge is 0.480 e. The van der Waals surface area contributed by atoms with Crippen molar-refractivity contribution in [1.82, 2.24) is 9.55 Å². The first-order valence-corrected chi connectivity index (χ1v) is 4.95. The van der Waals surface area contributed by atoms with Gasteiger partial charge in [0, 0.05) is 23.0 Å². The molecule has 2 aromatic heterocycles. The van der Waals surface area contributed by atoms with Gasteiger partial charge in [0.15, 0.2) is 0 Å². The number of aryl methyl sites for hydroxylation is 1. The summed E-state index contributed by atoms with van der Waals surface area (Å²) in [4.78, 5) is 4.16. The molecule has 3 nitrogen and oxygen atoms in total. The van der Waals surface area contributed by atoms with E-state index in [-0.39, 0.29) is 0 Å². The molecule has 0 aliphatic heterocycles. The van der Waals surface area contributed by atoms with Gasteiger partial charge in [-0.1, -0.05) is 0 Å². The first-order valence-electron chi connectivity index (χ1n) is 3.87. The van der Waals surface area contributed by atoms with Crippen molar-refractivity contribution < 1.29 is 4.74 Å². The third-order valence-electron chi connectivity index (χ3n) is 2.01. The number of aromatic nitrogens is 2. The lowest BCUT2D eigenvalue weighted by Gasteiger charge is -2.00. The number of ether oxygens (including phenoxy) is 1. The molecule has 2 rings (SSSR count). The monoisotopic (exact) mass is 288 g/mol. The summed E-state index contributed by atoms with van der Waals surface area (Å²) in [6.07, 6.45) is 3.83. The second kappa shape index (κ2) is 3.17. The summed E-state index contributed by atoms with van der Waals surface area (Å²) in [6, 6.07) is 1.99. The molecule has 0 saturated carbocycles. The lowest BCUT2D eigenvalue weighted by Crippen LogP contribution is -1.89. The molecule has 0 saturated heterocycles. The Bertz CT molecular complexity index is 450. The summed E-state index contributed by atoms with van der Waals surface area (Å²) in [6.45, 7) is 0. The average molecular weight is 288 g/mol. The van der Waals surface area contributed by atoms with E-state index in [1.165, 1.54) is 3.57 Å². The molecule has 0 N–H and O–H groups in total. The Morgan fingerprint density at radius 3 is 3.00 bits per heavy atom. The molecule has 0 bridgehead atoms. The highest BCUT2D eigenvalue weighted by atomic mass is 127. The zero-order chi connectivity index (χ0) is 9.42. The average Bonchev–Trinajstić information content (AvgIpc) is 2.43. The van der Waals surface area contributed by atoms with Gasteiger partial charge in [0.2, 0.25) is 5.88 Å². The van der Waals surface area contributed by atoms with Crippen LogP contribution in [0.5, 0.6) is 5.88 Å². The van der Waals surface area contributed by atoms with Crippen molar-refractivity contribution in [3.63, 3.8) is 0 Å². The van der Waals surface area contributed by atoms with Crippen molar-refractivity contribution in [2.24, 2.45) is 7.05 Å². The number of halogens is 1. The Hall–Kier alpha value is -0.780. The highest BCUT2D eigenvalue weighted by molar-refractivity contribution is 14.1. The van der Waals surface area contributed by atoms with E-state index in [1.54, 1.807) is 13.3 Å². The smallest absolute Gasteiger partial charge is 0.223 e. The van der Waals surface area contributed by atoms with Gasteiger partial charge in [0.25, 0.3) is 0 Å². The number of nitrogens with zero attached hydrogens (tertiary/aromatic N) is 2. The van der Waals surface area contributed by atoms with Crippen molar-refractivity contribution >= 4 is 33.5 Å². The maximum atomic E-state index is 5.19. The third kappa shape index (κ3) is 1.29. The summed E-state index contributed by atoms with van der Waals surface area (Å²) in [5.74, 6) is 0.697. The van der Waals surface area contributed by atoms with Gasteiger partial charge in [-0.15, -0.1) is 0 Å². The van der Waals surface area contributed by atoms with Crippen molar-refractivity contribution in [2.45, 2.75) is 0 Å². The zero-order valence-electron chi connectivity index (χ0n) is 7.41. The lowest BCUT2D eigenvalue weighted by molar-refractivity contribution is 0.403. The van der Waals surface area contributed by atoms with Gasteiger partial charge < -0.3 is 9.30 Å². The fourth-order valence-corrected chi connectivity index (χ4v) is 2.34. The number of hydrogen-bond acceptors (Lipinski definition) is 2. The molecule has 13 heavy (non-hydrogen) atoms. The molecular weight excluding hydrogens is 279 g/mol. The number of hydrogen-bond donors (Lipinski definition) is 0. The fourth-order valence-electron chi connectivity index (χ4n) is 1.41. The molecule has 2 aromatic rings. The maximum absolute atomic E-state index is 5.19. The Morgan fingerprint density at radius 1 is 1.54 bits per heavy atom. The van der Waals surface area contributed by atoms with Crippen LogP contribution in [0.25, 0.3) is 10.9 Å². The van der Waals surface area contributed by atoms with Crippen LogP contribution in [0.2, 0.25) is 0 Å². The molecule has 0 amide bonds. The molecule has 0 radical (unpaired) electrons. The quantitative estimate of drug-likeness (QED) is 0.752. The molecule has 0 spiro atoms. The van der Waals surface area contributed by atoms with Crippen LogP contribution in [0.3, 0.4) is 0 Å². The normalized spacial score (nSPS) is 10.7. The Balaban J connectivity index is 2.88. The Morgan fingerprint density at radius 2 is 2.31 bits per heavy atom. The van der Waals surface area contributed by atoms with E-state index in [1.807, 2.05) is 13.1 Å². The highest BCUT2D eigenvalue weighted by Gasteiger charge is 2.09. The Labute approximate surface area is 89.9 Å². The molecule has 0 aromatic carbocycles. The van der Waals surface area contributed by atoms with Gasteiger partial charge >= 0.3 is 0 Å². The van der Waals surface area contributed by atoms with Gasteiger partial charge in [-0.2, -0.15) is 0 Å². The molecule has 0 atom stereocenters. The highest BCUT2D eigenvalue weighted by Crippen LogP contribution is 2.28. The maximum Gasteiger partial charge on any atom is 0.223 e. The van der Waals surface area contributed by atoms with E-state index in [0.29, 0.717) is 5.88 Å². The lowest BCUT2D eigenvalue weighted by atomic mass is 10.3. The van der Waals surface area contributed by atoms with Gasteiger partial charge in [0.1, 0.15) is 0 Å². The second-order valence-electron chi connectivity index (χ2n) is 2.80. The molecule has 0 aliphatic carbocycles. The van der Waals surface area contributed by atoms with Crippen LogP contribution in [0.1, 0.15) is 0 Å². The van der Waals surface area contributed by atoms with E-state index >= 15 is 0 Å². The molecule has 2 heterocycles. The first-order chi connectivity index (χ1) is 6.24. The summed E-state index contributed by atoms with van der Waals surface area (Å²) in [5, 5.41) is 1.09. The van der Waals surface area contributed by atoms with Crippen LogP contribution < -0.4 is 4.74 Å². The summed E-state index contributed by atoms with van der Waals surface area (Å²) >= 11 is 2.29. The minimum absolute atomic E-state index is 0.697. The second-order valence-corrected chi connectivity index (χ2v) is 3.96. The number of fused-ring (bicyclic) bond motifs is 1. The van der Waals surface area contributed by atoms with E-state index < -0.39 is 0 Å². The SMILES string of the molecule is COc1nccc2c1c(I)cn2C. The standard InChI is InChI=1S/C9H9IN2O/c1-12-5-6(10)8-7(12)3-4-11-9(8)13-2/h3-5H,1-2H3. The fraction of sp³-hybridized carbons (Fsp3) is 0.222. The number of rotatable bonds is 1.